The van der Waals surface area contributed by atoms with Crippen LogP contribution in [0.25, 0.3) is 10.9 Å². The highest BCUT2D eigenvalue weighted by Gasteiger charge is 2.34. The van der Waals surface area contributed by atoms with Gasteiger partial charge in [0.15, 0.2) is 0 Å². The molecule has 0 fully saturated rings. The molecule has 3 aromatic carbocycles. The molecule has 320 valence electrons. The Bertz CT molecular complexity index is 2160. The lowest BCUT2D eigenvalue weighted by Crippen LogP contribution is -2.60. The number of fused-ring (bicyclic) bond motifs is 1. The normalized spacial score (nSPS) is 14.2. The summed E-state index contributed by atoms with van der Waals surface area (Å²) in [5, 5.41) is 61.8. The molecule has 0 unspecified atom stereocenters. The lowest BCUT2D eigenvalue weighted by molar-refractivity contribution is -0.143. The Morgan fingerprint density at radius 3 is 1.57 bits per heavy atom. The molecule has 13 N–H and O–H groups in total. The van der Waals surface area contributed by atoms with Gasteiger partial charge in [0.2, 0.25) is 29.5 Å². The number of aromatic nitrogens is 1. The average Bonchev–Trinajstić information content (AvgIpc) is 3.62. The van der Waals surface area contributed by atoms with Crippen LogP contribution in [-0.2, 0) is 52.8 Å². The van der Waals surface area contributed by atoms with Gasteiger partial charge in [-0.2, -0.15) is 0 Å². The van der Waals surface area contributed by atoms with Crippen molar-refractivity contribution in [2.75, 3.05) is 6.61 Å². The number of aromatic amines is 1. The number of phenolic OH excluding ortho intramolecular Hbond substituents is 2. The lowest BCUT2D eigenvalue weighted by atomic mass is 10.0. The third-order valence-electron chi connectivity index (χ3n) is 9.58. The van der Waals surface area contributed by atoms with E-state index in [0.29, 0.717) is 27.6 Å². The maximum atomic E-state index is 14.0. The third kappa shape index (κ3) is 13.0. The number of amides is 5. The van der Waals surface area contributed by atoms with Gasteiger partial charge < -0.3 is 62.8 Å². The van der Waals surface area contributed by atoms with Crippen molar-refractivity contribution in [3.8, 4) is 11.5 Å². The minimum absolute atomic E-state index is 0.0571. The zero-order valence-electron chi connectivity index (χ0n) is 32.8. The SMILES string of the molecule is CC(C)[C@H](N)C(=O)N[C@@H](CO)C(=O)N[C@@H](Cc1ccc(O)cc1)C(=O)N[C@@H](CC(=O)O)C(=O)N[C@@H](Cc1c[nH]c2ccccc12)C(=O)N[C@@H](Cc1ccc(O)cc1)C(=O)O. The van der Waals surface area contributed by atoms with Crippen LogP contribution in [0.5, 0.6) is 11.5 Å². The predicted molar refractivity (Wildman–Crippen MR) is 215 cm³/mol. The van der Waals surface area contributed by atoms with E-state index in [9.17, 15) is 59.1 Å². The standard InChI is InChI=1S/C41H49N7O12/c1-21(2)35(42)40(58)48-33(20-49)39(57)44-29(15-22-7-11-25(50)12-8-22)36(54)46-31(18-34(52)53)38(56)45-30(17-24-19-43-28-6-4-3-5-27(24)28)37(55)47-32(41(59)60)16-23-9-13-26(51)14-10-23/h3-14,19,21,29-33,35,43,49-51H,15-18,20,42H2,1-2H3,(H,44,57)(H,45,56)(H,46,54)(H,47,55)(H,48,58)(H,52,53)(H,59,60)/t29-,30-,31-,32-,33-,35-/m0/s1. The van der Waals surface area contributed by atoms with Crippen LogP contribution in [0.15, 0.2) is 79.0 Å². The third-order valence-corrected chi connectivity index (χ3v) is 9.58. The number of aliphatic hydroxyl groups is 1. The van der Waals surface area contributed by atoms with Crippen molar-refractivity contribution in [1.29, 1.82) is 0 Å². The van der Waals surface area contributed by atoms with E-state index in [-0.39, 0.29) is 36.7 Å². The molecule has 0 aliphatic heterocycles. The predicted octanol–water partition coefficient (Wildman–Crippen LogP) is -0.434. The number of aliphatic carboxylic acids is 2. The Kier molecular flexibility index (Phi) is 16.1. The number of carboxylic acids is 2. The van der Waals surface area contributed by atoms with Crippen LogP contribution >= 0.6 is 0 Å². The summed E-state index contributed by atoms with van der Waals surface area (Å²) in [5.74, 6) is -8.36. The van der Waals surface area contributed by atoms with E-state index in [4.69, 9.17) is 5.73 Å². The Hall–Kier alpha value is -6.99. The van der Waals surface area contributed by atoms with E-state index < -0.39 is 90.8 Å². The van der Waals surface area contributed by atoms with E-state index >= 15 is 0 Å². The number of hydrogen-bond donors (Lipinski definition) is 12. The number of H-pyrrole nitrogens is 1. The molecule has 19 heteroatoms. The molecule has 4 aromatic rings. The highest BCUT2D eigenvalue weighted by Crippen LogP contribution is 2.20. The van der Waals surface area contributed by atoms with Crippen LogP contribution in [-0.4, -0.2) is 115 Å². The topological polar surface area (TPSA) is 323 Å². The first-order valence-corrected chi connectivity index (χ1v) is 18.9. The fourth-order valence-electron chi connectivity index (χ4n) is 6.11. The second-order valence-corrected chi connectivity index (χ2v) is 14.5. The molecule has 0 bridgehead atoms. The number of phenols is 2. The number of hydrogen-bond acceptors (Lipinski definition) is 11. The second-order valence-electron chi connectivity index (χ2n) is 14.5. The van der Waals surface area contributed by atoms with Crippen molar-refractivity contribution >= 4 is 52.4 Å². The Morgan fingerprint density at radius 2 is 1.05 bits per heavy atom. The molecular formula is C41H49N7O12. The molecular weight excluding hydrogens is 782 g/mol. The molecule has 4 rings (SSSR count). The Labute approximate surface area is 343 Å². The fourth-order valence-corrected chi connectivity index (χ4v) is 6.11. The molecule has 60 heavy (non-hydrogen) atoms. The fraction of sp³-hybridized carbons (Fsp3) is 0.341. The molecule has 5 amide bonds. The molecule has 0 spiro atoms. The van der Waals surface area contributed by atoms with Crippen molar-refractivity contribution < 1.29 is 59.1 Å². The number of benzene rings is 3. The van der Waals surface area contributed by atoms with Crippen molar-refractivity contribution in [3.63, 3.8) is 0 Å². The quantitative estimate of drug-likeness (QED) is 0.0508. The van der Waals surface area contributed by atoms with Gasteiger partial charge in [0, 0.05) is 36.4 Å². The lowest BCUT2D eigenvalue weighted by Gasteiger charge is -2.27. The second kappa shape index (κ2) is 21.1. The van der Waals surface area contributed by atoms with Gasteiger partial charge in [0.25, 0.3) is 0 Å². The van der Waals surface area contributed by atoms with Crippen LogP contribution in [0.2, 0.25) is 0 Å². The first kappa shape index (κ1) is 45.7. The smallest absolute Gasteiger partial charge is 0.326 e. The van der Waals surface area contributed by atoms with Gasteiger partial charge in [-0.3, -0.25) is 28.8 Å². The van der Waals surface area contributed by atoms with E-state index in [2.05, 4.69) is 31.6 Å². The summed E-state index contributed by atoms with van der Waals surface area (Å²) in [6.07, 6.45) is -0.102. The average molecular weight is 832 g/mol. The summed E-state index contributed by atoms with van der Waals surface area (Å²) in [4.78, 5) is 95.2. The first-order chi connectivity index (χ1) is 28.4. The van der Waals surface area contributed by atoms with Gasteiger partial charge in [-0.25, -0.2) is 4.79 Å². The monoisotopic (exact) mass is 831 g/mol. The van der Waals surface area contributed by atoms with Gasteiger partial charge in [0.05, 0.1) is 19.1 Å². The van der Waals surface area contributed by atoms with Crippen LogP contribution in [0, 0.1) is 5.92 Å². The molecule has 19 nitrogen and oxygen atoms in total. The largest absolute Gasteiger partial charge is 0.508 e. The molecule has 6 atom stereocenters. The van der Waals surface area contributed by atoms with E-state index in [1.807, 2.05) is 0 Å². The molecule has 0 saturated heterocycles. The van der Waals surface area contributed by atoms with E-state index in [1.54, 1.807) is 44.3 Å². The summed E-state index contributed by atoms with van der Waals surface area (Å²) in [5.41, 5.74) is 7.97. The van der Waals surface area contributed by atoms with E-state index in [0.717, 1.165) is 0 Å². The van der Waals surface area contributed by atoms with Gasteiger partial charge in [-0.1, -0.05) is 56.3 Å². The van der Waals surface area contributed by atoms with Crippen molar-refractivity contribution in [3.05, 3.63) is 95.7 Å². The maximum absolute atomic E-state index is 14.0. The van der Waals surface area contributed by atoms with Gasteiger partial charge in [0.1, 0.15) is 41.7 Å². The van der Waals surface area contributed by atoms with Crippen LogP contribution in [0.1, 0.15) is 37.0 Å². The Morgan fingerprint density at radius 1 is 0.600 bits per heavy atom. The number of nitrogens with one attached hydrogen (secondary N) is 6. The molecule has 0 aliphatic rings. The molecule has 0 radical (unpaired) electrons. The summed E-state index contributed by atoms with van der Waals surface area (Å²) in [6.45, 7) is 2.45. The minimum Gasteiger partial charge on any atom is -0.508 e. The molecule has 1 heterocycles. The van der Waals surface area contributed by atoms with Crippen molar-refractivity contribution in [2.24, 2.45) is 11.7 Å². The number of carboxylic acid groups (broad SMARTS) is 2. The zero-order valence-corrected chi connectivity index (χ0v) is 32.8. The number of aromatic hydroxyl groups is 2. The van der Waals surface area contributed by atoms with Crippen molar-refractivity contribution in [1.82, 2.24) is 31.6 Å². The number of para-hydroxylation sites is 1. The summed E-state index contributed by atoms with van der Waals surface area (Å²) in [7, 11) is 0. The van der Waals surface area contributed by atoms with Gasteiger partial charge in [-0.15, -0.1) is 0 Å². The number of aliphatic hydroxyl groups excluding tert-OH is 1. The summed E-state index contributed by atoms with van der Waals surface area (Å²) in [6, 6.07) is 9.15. The zero-order chi connectivity index (χ0) is 44.1. The number of rotatable bonds is 21. The molecule has 0 saturated carbocycles. The number of nitrogens with two attached hydrogens (primary N) is 1. The van der Waals surface area contributed by atoms with Crippen LogP contribution in [0.3, 0.4) is 0 Å². The first-order valence-electron chi connectivity index (χ1n) is 18.9. The van der Waals surface area contributed by atoms with Crippen molar-refractivity contribution in [2.45, 2.75) is 75.8 Å². The number of carbonyl (C=O) groups is 7. The van der Waals surface area contributed by atoms with Crippen LogP contribution in [0.4, 0.5) is 0 Å². The highest BCUT2D eigenvalue weighted by molar-refractivity contribution is 5.98. The molecule has 0 aliphatic carbocycles. The summed E-state index contributed by atoms with van der Waals surface area (Å²) >= 11 is 0. The molecule has 1 aromatic heterocycles. The summed E-state index contributed by atoms with van der Waals surface area (Å²) < 4.78 is 0. The van der Waals surface area contributed by atoms with Gasteiger partial charge in [-0.05, 0) is 52.9 Å². The highest BCUT2D eigenvalue weighted by atomic mass is 16.4. The van der Waals surface area contributed by atoms with Gasteiger partial charge >= 0.3 is 11.9 Å². The maximum Gasteiger partial charge on any atom is 0.326 e. The minimum atomic E-state index is -1.86. The Balaban J connectivity index is 1.61. The number of carbonyl (C=O) groups excluding carboxylic acids is 5. The van der Waals surface area contributed by atoms with Crippen LogP contribution < -0.4 is 32.3 Å². The van der Waals surface area contributed by atoms with E-state index in [1.165, 1.54) is 48.5 Å².